The molecule has 0 atom stereocenters. The number of rotatable bonds is 4. The van der Waals surface area contributed by atoms with Crippen LogP contribution in [-0.4, -0.2) is 31.6 Å². The van der Waals surface area contributed by atoms with Crippen LogP contribution in [0.4, 0.5) is 4.39 Å². The minimum Gasteiger partial charge on any atom is -0.486 e. The Bertz CT molecular complexity index is 1010. The molecule has 0 saturated carbocycles. The van der Waals surface area contributed by atoms with Gasteiger partial charge >= 0.3 is 5.97 Å². The lowest BCUT2D eigenvalue weighted by Gasteiger charge is -2.18. The van der Waals surface area contributed by atoms with Crippen LogP contribution < -0.4 is 9.47 Å². The summed E-state index contributed by atoms with van der Waals surface area (Å²) < 4.78 is 30.0. The van der Waals surface area contributed by atoms with Crippen molar-refractivity contribution in [2.75, 3.05) is 19.8 Å². The van der Waals surface area contributed by atoms with Gasteiger partial charge in [0, 0.05) is 10.3 Å². The van der Waals surface area contributed by atoms with Gasteiger partial charge in [0.05, 0.1) is 0 Å². The van der Waals surface area contributed by atoms with Crippen LogP contribution >= 0.6 is 11.3 Å². The molecule has 0 fully saturated rings. The maximum atomic E-state index is 13.2. The molecule has 1 aliphatic heterocycles. The zero-order valence-corrected chi connectivity index (χ0v) is 14.3. The number of hydrogen-bond acceptors (Lipinski definition) is 6. The van der Waals surface area contributed by atoms with Gasteiger partial charge in [-0.15, -0.1) is 11.3 Å². The standard InChI is InChI=1S/C19H13FO5S/c20-13-2-4-17-12(7-13)9-18(26-17)19(22)25-10-14(21)11-1-3-15-16(8-11)24-6-5-23-15/h1-4,7-9H,5-6,10H2. The quantitative estimate of drug-likeness (QED) is 0.514. The molecule has 3 aromatic rings. The largest absolute Gasteiger partial charge is 0.486 e. The molecule has 5 nitrogen and oxygen atoms in total. The third-order valence-corrected chi connectivity index (χ3v) is 4.97. The molecule has 0 bridgehead atoms. The molecule has 0 spiro atoms. The van der Waals surface area contributed by atoms with Crippen molar-refractivity contribution in [1.82, 2.24) is 0 Å². The van der Waals surface area contributed by atoms with Crippen LogP contribution in [0, 0.1) is 5.82 Å². The Hall–Kier alpha value is -2.93. The molecule has 0 aliphatic carbocycles. The lowest BCUT2D eigenvalue weighted by atomic mass is 10.1. The highest BCUT2D eigenvalue weighted by atomic mass is 32.1. The number of carbonyl (C=O) groups is 2. The van der Waals surface area contributed by atoms with Crippen molar-refractivity contribution in [2.45, 2.75) is 0 Å². The topological polar surface area (TPSA) is 61.8 Å². The van der Waals surface area contributed by atoms with E-state index in [-0.39, 0.29) is 18.2 Å². The second-order valence-corrected chi connectivity index (χ2v) is 6.73. The summed E-state index contributed by atoms with van der Waals surface area (Å²) in [6.07, 6.45) is 0. The van der Waals surface area contributed by atoms with Gasteiger partial charge in [0.1, 0.15) is 23.9 Å². The highest BCUT2D eigenvalue weighted by Gasteiger charge is 2.18. The molecular weight excluding hydrogens is 359 g/mol. The fourth-order valence-corrected chi connectivity index (χ4v) is 3.55. The third kappa shape index (κ3) is 3.25. The number of thiophene rings is 1. The van der Waals surface area contributed by atoms with Gasteiger partial charge < -0.3 is 14.2 Å². The number of Topliss-reactive ketones (excluding diaryl/α,β-unsaturated/α-hetero) is 1. The first kappa shape index (κ1) is 16.5. The van der Waals surface area contributed by atoms with Gasteiger partial charge in [-0.2, -0.15) is 0 Å². The van der Waals surface area contributed by atoms with Gasteiger partial charge in [0.2, 0.25) is 0 Å². The first-order valence-electron chi connectivity index (χ1n) is 7.89. The van der Waals surface area contributed by atoms with E-state index in [1.54, 1.807) is 30.3 Å². The smallest absolute Gasteiger partial charge is 0.348 e. The van der Waals surface area contributed by atoms with Crippen molar-refractivity contribution < 1.29 is 28.2 Å². The molecule has 132 valence electrons. The SMILES string of the molecule is O=C(COC(=O)c1cc2cc(F)ccc2s1)c1ccc2c(c1)OCCO2. The van der Waals surface area contributed by atoms with Crippen LogP contribution in [0.3, 0.4) is 0 Å². The Balaban J connectivity index is 1.44. The highest BCUT2D eigenvalue weighted by molar-refractivity contribution is 7.20. The van der Waals surface area contributed by atoms with Crippen molar-refractivity contribution in [3.63, 3.8) is 0 Å². The zero-order valence-electron chi connectivity index (χ0n) is 13.5. The van der Waals surface area contributed by atoms with Crippen LogP contribution in [-0.2, 0) is 4.74 Å². The van der Waals surface area contributed by atoms with Crippen LogP contribution in [0.5, 0.6) is 11.5 Å². The summed E-state index contributed by atoms with van der Waals surface area (Å²) >= 11 is 1.19. The number of halogens is 1. The van der Waals surface area contributed by atoms with Crippen molar-refractivity contribution in [1.29, 1.82) is 0 Å². The Kier molecular flexibility index (Phi) is 4.30. The van der Waals surface area contributed by atoms with Crippen LogP contribution in [0.2, 0.25) is 0 Å². The van der Waals surface area contributed by atoms with E-state index in [2.05, 4.69) is 0 Å². The molecule has 0 radical (unpaired) electrons. The van der Waals surface area contributed by atoms with Gasteiger partial charge in [-0.3, -0.25) is 4.79 Å². The monoisotopic (exact) mass is 372 g/mol. The summed E-state index contributed by atoms with van der Waals surface area (Å²) in [5.41, 5.74) is 0.375. The number of benzene rings is 2. The van der Waals surface area contributed by atoms with Gasteiger partial charge in [0.15, 0.2) is 23.9 Å². The van der Waals surface area contributed by atoms with Crippen LogP contribution in [0.25, 0.3) is 10.1 Å². The number of esters is 1. The highest BCUT2D eigenvalue weighted by Crippen LogP contribution is 2.31. The molecule has 4 rings (SSSR count). The second-order valence-electron chi connectivity index (χ2n) is 5.65. The fourth-order valence-electron chi connectivity index (χ4n) is 2.62. The predicted octanol–water partition coefficient (Wildman–Crippen LogP) is 3.85. The third-order valence-electron chi connectivity index (χ3n) is 3.88. The normalized spacial score (nSPS) is 12.8. The Morgan fingerprint density at radius 3 is 2.69 bits per heavy atom. The summed E-state index contributed by atoms with van der Waals surface area (Å²) in [5, 5.41) is 0.625. The van der Waals surface area contributed by atoms with Crippen molar-refractivity contribution in [2.24, 2.45) is 0 Å². The van der Waals surface area contributed by atoms with E-state index >= 15 is 0 Å². The van der Waals surface area contributed by atoms with E-state index < -0.39 is 5.97 Å². The van der Waals surface area contributed by atoms with Gasteiger partial charge in [-0.1, -0.05) is 0 Å². The average Bonchev–Trinajstić information content (AvgIpc) is 3.08. The van der Waals surface area contributed by atoms with Crippen LogP contribution in [0.1, 0.15) is 20.0 Å². The molecule has 7 heteroatoms. The molecule has 1 aromatic heterocycles. The van der Waals surface area contributed by atoms with Gasteiger partial charge in [-0.05, 0) is 47.9 Å². The Morgan fingerprint density at radius 1 is 1.04 bits per heavy atom. The molecule has 0 amide bonds. The predicted molar refractivity (Wildman–Crippen MR) is 93.8 cm³/mol. The molecule has 2 heterocycles. The molecule has 0 saturated heterocycles. The molecular formula is C19H13FO5S. The average molecular weight is 372 g/mol. The van der Waals surface area contributed by atoms with Gasteiger partial charge in [0.25, 0.3) is 0 Å². The van der Waals surface area contributed by atoms with E-state index in [4.69, 9.17) is 14.2 Å². The maximum Gasteiger partial charge on any atom is 0.348 e. The van der Waals surface area contributed by atoms with Gasteiger partial charge in [-0.25, -0.2) is 9.18 Å². The summed E-state index contributed by atoms with van der Waals surface area (Å²) in [4.78, 5) is 24.7. The number of carbonyl (C=O) groups excluding carboxylic acids is 2. The Morgan fingerprint density at radius 2 is 1.85 bits per heavy atom. The molecule has 2 aromatic carbocycles. The summed E-state index contributed by atoms with van der Waals surface area (Å²) in [6.45, 7) is 0.504. The van der Waals surface area contributed by atoms with Crippen molar-refractivity contribution in [3.8, 4) is 11.5 Å². The number of hydrogen-bond donors (Lipinski definition) is 0. The Labute approximate surface area is 151 Å². The lowest BCUT2D eigenvalue weighted by Crippen LogP contribution is -2.17. The van der Waals surface area contributed by atoms with E-state index in [9.17, 15) is 14.0 Å². The number of ether oxygens (including phenoxy) is 3. The first-order valence-corrected chi connectivity index (χ1v) is 8.71. The summed E-state index contributed by atoms with van der Waals surface area (Å²) in [6, 6.07) is 10.7. The molecule has 1 aliphatic rings. The van der Waals surface area contributed by atoms with E-state index in [1.807, 2.05) is 0 Å². The van der Waals surface area contributed by atoms with E-state index in [0.717, 1.165) is 4.70 Å². The number of fused-ring (bicyclic) bond motifs is 2. The minimum atomic E-state index is -0.613. The fraction of sp³-hybridized carbons (Fsp3) is 0.158. The minimum absolute atomic E-state index is 0.320. The van der Waals surface area contributed by atoms with Crippen molar-refractivity contribution >= 4 is 33.2 Å². The van der Waals surface area contributed by atoms with Crippen LogP contribution in [0.15, 0.2) is 42.5 Å². The molecule has 0 N–H and O–H groups in total. The molecule has 26 heavy (non-hydrogen) atoms. The number of ketones is 1. The second kappa shape index (κ2) is 6.76. The van der Waals surface area contributed by atoms with E-state index in [1.165, 1.54) is 23.5 Å². The summed E-state index contributed by atoms with van der Waals surface area (Å²) in [5.74, 6) is -0.244. The lowest BCUT2D eigenvalue weighted by molar-refractivity contribution is 0.0479. The summed E-state index contributed by atoms with van der Waals surface area (Å²) in [7, 11) is 0. The zero-order chi connectivity index (χ0) is 18.1. The van der Waals surface area contributed by atoms with Crippen molar-refractivity contribution in [3.05, 3.63) is 58.7 Å². The molecule has 0 unspecified atom stereocenters. The van der Waals surface area contributed by atoms with E-state index in [0.29, 0.717) is 40.5 Å². The maximum absolute atomic E-state index is 13.2. The first-order chi connectivity index (χ1) is 12.6.